The monoisotopic (exact) mass is 136 g/mol. The highest BCUT2D eigenvalue weighted by Crippen LogP contribution is 2.03. The minimum absolute atomic E-state index is 1.10. The number of hydrogen-bond donors (Lipinski definition) is 0. The first-order valence-corrected chi connectivity index (χ1v) is 3.69. The maximum Gasteiger partial charge on any atom is -0.0311 e. The normalized spacial score (nSPS) is 12.5. The van der Waals surface area contributed by atoms with Crippen molar-refractivity contribution in [2.75, 3.05) is 0 Å². The highest BCUT2D eigenvalue weighted by atomic mass is 13.9. The molecular formula is C10H16. The van der Waals surface area contributed by atoms with Gasteiger partial charge in [-0.1, -0.05) is 42.9 Å². The Morgan fingerprint density at radius 2 is 2.00 bits per heavy atom. The lowest BCUT2D eigenvalue weighted by atomic mass is 10.1. The molecule has 0 aliphatic rings. The predicted octanol–water partition coefficient (Wildman–Crippen LogP) is 3.48. The average molecular weight is 136 g/mol. The standard InChI is InChI=1S/C10H16/c1-5-10(6-2)8-7-9(3)4/h5,7-8H,3,6H2,1-2,4H3/b8-7-,10-5-. The molecule has 0 spiro atoms. The summed E-state index contributed by atoms with van der Waals surface area (Å²) in [6.07, 6.45) is 7.38. The molecule has 0 saturated heterocycles. The van der Waals surface area contributed by atoms with Crippen LogP contribution >= 0.6 is 0 Å². The van der Waals surface area contributed by atoms with Crippen molar-refractivity contribution in [3.05, 3.63) is 36.0 Å². The zero-order chi connectivity index (χ0) is 7.98. The summed E-state index contributed by atoms with van der Waals surface area (Å²) in [7, 11) is 0. The van der Waals surface area contributed by atoms with E-state index in [1.54, 1.807) is 0 Å². The van der Waals surface area contributed by atoms with Gasteiger partial charge >= 0.3 is 0 Å². The van der Waals surface area contributed by atoms with E-state index in [9.17, 15) is 0 Å². The summed E-state index contributed by atoms with van der Waals surface area (Å²) in [4.78, 5) is 0. The Hall–Kier alpha value is -0.780. The lowest BCUT2D eigenvalue weighted by molar-refractivity contribution is 1.14. The molecule has 0 unspecified atom stereocenters. The van der Waals surface area contributed by atoms with Crippen LogP contribution in [0.4, 0.5) is 0 Å². The smallest absolute Gasteiger partial charge is 0.0311 e. The van der Waals surface area contributed by atoms with Gasteiger partial charge in [0.1, 0.15) is 0 Å². The van der Waals surface area contributed by atoms with E-state index in [0.717, 1.165) is 12.0 Å². The zero-order valence-electron chi connectivity index (χ0n) is 7.15. The fraction of sp³-hybridized carbons (Fsp3) is 0.400. The Morgan fingerprint density at radius 3 is 2.30 bits per heavy atom. The molecule has 10 heavy (non-hydrogen) atoms. The summed E-state index contributed by atoms with van der Waals surface area (Å²) >= 11 is 0. The molecule has 0 heterocycles. The second-order valence-electron chi connectivity index (χ2n) is 2.40. The van der Waals surface area contributed by atoms with Crippen molar-refractivity contribution in [2.24, 2.45) is 0 Å². The van der Waals surface area contributed by atoms with Crippen molar-refractivity contribution in [1.29, 1.82) is 0 Å². The van der Waals surface area contributed by atoms with Crippen LogP contribution in [0.5, 0.6) is 0 Å². The maximum atomic E-state index is 3.78. The van der Waals surface area contributed by atoms with Crippen LogP contribution in [0.3, 0.4) is 0 Å². The van der Waals surface area contributed by atoms with Crippen molar-refractivity contribution in [3.8, 4) is 0 Å². The van der Waals surface area contributed by atoms with E-state index in [1.165, 1.54) is 5.57 Å². The minimum Gasteiger partial charge on any atom is -0.0961 e. The van der Waals surface area contributed by atoms with Crippen molar-refractivity contribution < 1.29 is 0 Å². The summed E-state index contributed by atoms with van der Waals surface area (Å²) in [6.45, 7) is 9.99. The third-order valence-corrected chi connectivity index (χ3v) is 1.36. The van der Waals surface area contributed by atoms with Crippen molar-refractivity contribution in [2.45, 2.75) is 27.2 Å². The summed E-state index contributed by atoms with van der Waals surface area (Å²) in [5, 5.41) is 0. The van der Waals surface area contributed by atoms with Gasteiger partial charge in [-0.05, 0) is 20.3 Å². The lowest BCUT2D eigenvalue weighted by Gasteiger charge is -1.92. The summed E-state index contributed by atoms with van der Waals surface area (Å²) < 4.78 is 0. The van der Waals surface area contributed by atoms with Crippen LogP contribution in [-0.4, -0.2) is 0 Å². The van der Waals surface area contributed by atoms with Crippen molar-refractivity contribution in [3.63, 3.8) is 0 Å². The Balaban J connectivity index is 3.98. The van der Waals surface area contributed by atoms with E-state index in [2.05, 4.69) is 32.6 Å². The number of hydrogen-bond acceptors (Lipinski definition) is 0. The van der Waals surface area contributed by atoms with Gasteiger partial charge in [0, 0.05) is 0 Å². The second-order valence-corrected chi connectivity index (χ2v) is 2.40. The van der Waals surface area contributed by atoms with Gasteiger partial charge in [-0.3, -0.25) is 0 Å². The summed E-state index contributed by atoms with van der Waals surface area (Å²) in [6, 6.07) is 0. The van der Waals surface area contributed by atoms with Gasteiger partial charge in [0.05, 0.1) is 0 Å². The Bertz CT molecular complexity index is 159. The molecule has 56 valence electrons. The number of allylic oxidation sites excluding steroid dienone is 5. The van der Waals surface area contributed by atoms with Gasteiger partial charge in [-0.15, -0.1) is 0 Å². The zero-order valence-corrected chi connectivity index (χ0v) is 7.15. The van der Waals surface area contributed by atoms with Crippen LogP contribution in [0.25, 0.3) is 0 Å². The molecule has 0 N–H and O–H groups in total. The molecule has 0 aromatic carbocycles. The molecule has 0 aliphatic carbocycles. The van der Waals surface area contributed by atoms with Gasteiger partial charge in [0.2, 0.25) is 0 Å². The SMILES string of the molecule is C=C(C)/C=C\C(=C/C)CC. The largest absolute Gasteiger partial charge is 0.0961 e. The van der Waals surface area contributed by atoms with Crippen LogP contribution in [0, 0.1) is 0 Å². The first-order valence-electron chi connectivity index (χ1n) is 3.69. The molecule has 0 aliphatic heterocycles. The summed E-state index contributed by atoms with van der Waals surface area (Å²) in [5.41, 5.74) is 2.47. The molecule has 0 nitrogen and oxygen atoms in total. The molecule has 0 radical (unpaired) electrons. The molecule has 0 atom stereocenters. The van der Waals surface area contributed by atoms with E-state index >= 15 is 0 Å². The molecule has 0 amide bonds. The Kier molecular flexibility index (Phi) is 4.65. The molecule has 0 aromatic rings. The van der Waals surface area contributed by atoms with Gasteiger partial charge in [0.15, 0.2) is 0 Å². The third kappa shape index (κ3) is 4.13. The van der Waals surface area contributed by atoms with Gasteiger partial charge < -0.3 is 0 Å². The first-order chi connectivity index (χ1) is 4.70. The quantitative estimate of drug-likeness (QED) is 0.521. The average Bonchev–Trinajstić information content (AvgIpc) is 1.90. The molecule has 0 bridgehead atoms. The van der Waals surface area contributed by atoms with E-state index in [4.69, 9.17) is 0 Å². The molecule has 0 aromatic heterocycles. The molecular weight excluding hydrogens is 120 g/mol. The van der Waals surface area contributed by atoms with Crippen LogP contribution < -0.4 is 0 Å². The third-order valence-electron chi connectivity index (χ3n) is 1.36. The highest BCUT2D eigenvalue weighted by Gasteiger charge is 1.82. The molecule has 0 fully saturated rings. The predicted molar refractivity (Wildman–Crippen MR) is 48.0 cm³/mol. The van der Waals surface area contributed by atoms with Gasteiger partial charge in [-0.25, -0.2) is 0 Å². The second kappa shape index (κ2) is 5.04. The highest BCUT2D eigenvalue weighted by molar-refractivity contribution is 5.24. The van der Waals surface area contributed by atoms with Crippen molar-refractivity contribution >= 4 is 0 Å². The number of rotatable bonds is 3. The molecule has 0 saturated carbocycles. The Morgan fingerprint density at radius 1 is 1.40 bits per heavy atom. The van der Waals surface area contributed by atoms with Crippen LogP contribution in [0.2, 0.25) is 0 Å². The van der Waals surface area contributed by atoms with Crippen LogP contribution in [-0.2, 0) is 0 Å². The topological polar surface area (TPSA) is 0 Å². The van der Waals surface area contributed by atoms with Gasteiger partial charge in [-0.2, -0.15) is 0 Å². The Labute approximate surface area is 64.0 Å². The summed E-state index contributed by atoms with van der Waals surface area (Å²) in [5.74, 6) is 0. The van der Waals surface area contributed by atoms with Crippen molar-refractivity contribution in [1.82, 2.24) is 0 Å². The van der Waals surface area contributed by atoms with Crippen LogP contribution in [0.1, 0.15) is 27.2 Å². The van der Waals surface area contributed by atoms with E-state index < -0.39 is 0 Å². The maximum absolute atomic E-state index is 3.78. The van der Waals surface area contributed by atoms with E-state index in [0.29, 0.717) is 0 Å². The van der Waals surface area contributed by atoms with Crippen LogP contribution in [0.15, 0.2) is 36.0 Å². The van der Waals surface area contributed by atoms with E-state index in [-0.39, 0.29) is 0 Å². The minimum atomic E-state index is 1.10. The lowest BCUT2D eigenvalue weighted by Crippen LogP contribution is -1.72. The fourth-order valence-corrected chi connectivity index (χ4v) is 0.667. The van der Waals surface area contributed by atoms with Gasteiger partial charge in [0.25, 0.3) is 0 Å². The molecule has 0 heteroatoms. The van der Waals surface area contributed by atoms with E-state index in [1.807, 2.05) is 13.0 Å². The molecule has 0 rings (SSSR count). The fourth-order valence-electron chi connectivity index (χ4n) is 0.667. The first kappa shape index (κ1) is 9.22.